The Morgan fingerprint density at radius 1 is 1.09 bits per heavy atom. The molecular formula is C17H12ClN3O. The minimum atomic E-state index is -0.117. The van der Waals surface area contributed by atoms with Gasteiger partial charge in [-0.2, -0.15) is 0 Å². The summed E-state index contributed by atoms with van der Waals surface area (Å²) in [4.78, 5) is 21.3. The summed E-state index contributed by atoms with van der Waals surface area (Å²) < 4.78 is 1.86. The Kier molecular flexibility index (Phi) is 3.05. The molecule has 1 aromatic carbocycles. The molecule has 0 saturated heterocycles. The lowest BCUT2D eigenvalue weighted by atomic mass is 10.1. The van der Waals surface area contributed by atoms with Crippen LogP contribution < -0.4 is 10.7 Å². The highest BCUT2D eigenvalue weighted by Gasteiger charge is 2.16. The first kappa shape index (κ1) is 13.2. The van der Waals surface area contributed by atoms with Crippen molar-refractivity contribution < 1.29 is 4.79 Å². The van der Waals surface area contributed by atoms with Crippen LogP contribution in [0, 0.1) is 0 Å². The van der Waals surface area contributed by atoms with Crippen LogP contribution >= 0.6 is 11.6 Å². The summed E-state index contributed by atoms with van der Waals surface area (Å²) in [5.74, 6) is -0.117. The first-order chi connectivity index (χ1) is 10.7. The van der Waals surface area contributed by atoms with Gasteiger partial charge in [0.1, 0.15) is 5.69 Å². The van der Waals surface area contributed by atoms with Crippen LogP contribution in [0.25, 0.3) is 17.8 Å². The monoisotopic (exact) mass is 309 g/mol. The van der Waals surface area contributed by atoms with E-state index in [1.807, 2.05) is 22.6 Å². The molecule has 0 amide bonds. The Hall–Kier alpha value is -2.46. The molecule has 0 N–H and O–H groups in total. The summed E-state index contributed by atoms with van der Waals surface area (Å²) in [6, 6.07) is 9.11. The van der Waals surface area contributed by atoms with Gasteiger partial charge in [0.2, 0.25) is 5.78 Å². The highest BCUT2D eigenvalue weighted by Crippen LogP contribution is 2.14. The fourth-order valence-electron chi connectivity index (χ4n) is 2.69. The quantitative estimate of drug-likeness (QED) is 0.680. The molecule has 0 radical (unpaired) electrons. The van der Waals surface area contributed by atoms with Crippen LogP contribution in [0.2, 0.25) is 5.15 Å². The molecule has 2 aromatic heterocycles. The number of fused-ring (bicyclic) bond motifs is 3. The van der Waals surface area contributed by atoms with Crippen LogP contribution in [0.15, 0.2) is 36.5 Å². The van der Waals surface area contributed by atoms with Crippen molar-refractivity contribution in [1.82, 2.24) is 14.4 Å². The Balaban J connectivity index is 1.96. The van der Waals surface area contributed by atoms with Crippen LogP contribution in [0.1, 0.15) is 28.9 Å². The molecule has 5 heteroatoms. The minimum absolute atomic E-state index is 0.117. The number of nitrogens with zero attached hydrogens (tertiary/aromatic N) is 3. The topological polar surface area (TPSA) is 47.3 Å². The number of imidazole rings is 1. The van der Waals surface area contributed by atoms with Crippen LogP contribution in [0.4, 0.5) is 0 Å². The van der Waals surface area contributed by atoms with Gasteiger partial charge in [-0.05, 0) is 12.8 Å². The standard InChI is InChI=1S/C17H12ClN3O/c18-16-17-20-13(15(22)11-6-2-1-3-7-11)10-21(17)14-9-5-4-8-12(14)19-16/h1-3,6-10H,4-5H2. The maximum absolute atomic E-state index is 12.5. The van der Waals surface area contributed by atoms with Crippen LogP contribution in [0.5, 0.6) is 0 Å². The molecule has 0 unspecified atom stereocenters. The predicted molar refractivity (Wildman–Crippen MR) is 85.3 cm³/mol. The van der Waals surface area contributed by atoms with Gasteiger partial charge in [0.05, 0.1) is 10.7 Å². The van der Waals surface area contributed by atoms with Gasteiger partial charge in [-0.1, -0.05) is 54.1 Å². The Morgan fingerprint density at radius 3 is 2.68 bits per heavy atom. The number of hydrogen-bond acceptors (Lipinski definition) is 3. The second-order valence-corrected chi connectivity index (χ2v) is 5.53. The van der Waals surface area contributed by atoms with E-state index in [2.05, 4.69) is 22.1 Å². The first-order valence-corrected chi connectivity index (χ1v) is 7.46. The average molecular weight is 310 g/mol. The van der Waals surface area contributed by atoms with E-state index >= 15 is 0 Å². The van der Waals surface area contributed by atoms with E-state index in [0.29, 0.717) is 22.1 Å². The molecule has 1 aliphatic carbocycles. The summed E-state index contributed by atoms with van der Waals surface area (Å²) in [5, 5.41) is 2.11. The molecule has 0 spiro atoms. The molecule has 1 aliphatic rings. The molecule has 4 nitrogen and oxygen atoms in total. The SMILES string of the molecule is O=C(c1ccccc1)c1cn2c3c(nc(Cl)c2n1)=CCCC=3. The lowest BCUT2D eigenvalue weighted by Gasteiger charge is -2.03. The summed E-state index contributed by atoms with van der Waals surface area (Å²) in [7, 11) is 0. The maximum Gasteiger partial charge on any atom is 0.212 e. The van der Waals surface area contributed by atoms with Gasteiger partial charge in [-0.25, -0.2) is 9.97 Å². The zero-order chi connectivity index (χ0) is 15.1. The van der Waals surface area contributed by atoms with Gasteiger partial charge in [0, 0.05) is 11.8 Å². The molecule has 0 aliphatic heterocycles. The van der Waals surface area contributed by atoms with Crippen molar-refractivity contribution in [1.29, 1.82) is 0 Å². The fourth-order valence-corrected chi connectivity index (χ4v) is 2.91. The highest BCUT2D eigenvalue weighted by atomic mass is 35.5. The Bertz CT molecular complexity index is 1010. The zero-order valence-corrected chi connectivity index (χ0v) is 12.4. The van der Waals surface area contributed by atoms with Crippen molar-refractivity contribution in [2.45, 2.75) is 12.8 Å². The third-order valence-electron chi connectivity index (χ3n) is 3.74. The van der Waals surface area contributed by atoms with Gasteiger partial charge in [-0.15, -0.1) is 0 Å². The molecule has 22 heavy (non-hydrogen) atoms. The van der Waals surface area contributed by atoms with Crippen molar-refractivity contribution in [3.8, 4) is 0 Å². The first-order valence-electron chi connectivity index (χ1n) is 7.09. The normalized spacial score (nSPS) is 13.3. The third-order valence-corrected chi connectivity index (χ3v) is 4.00. The lowest BCUT2D eigenvalue weighted by molar-refractivity contribution is 0.103. The number of hydrogen-bond donors (Lipinski definition) is 0. The third kappa shape index (κ3) is 2.04. The van der Waals surface area contributed by atoms with Crippen molar-refractivity contribution >= 4 is 35.2 Å². The maximum atomic E-state index is 12.5. The summed E-state index contributed by atoms with van der Waals surface area (Å²) in [5.41, 5.74) is 1.51. The van der Waals surface area contributed by atoms with Crippen molar-refractivity contribution in [2.24, 2.45) is 0 Å². The number of carbonyl (C=O) groups excluding carboxylic acids is 1. The Labute approximate surface area is 131 Å². The number of rotatable bonds is 2. The molecule has 4 rings (SSSR count). The highest BCUT2D eigenvalue weighted by molar-refractivity contribution is 6.32. The minimum Gasteiger partial charge on any atom is -0.295 e. The van der Waals surface area contributed by atoms with Crippen LogP contribution in [-0.4, -0.2) is 20.2 Å². The predicted octanol–water partition coefficient (Wildman–Crippen LogP) is 1.97. The van der Waals surface area contributed by atoms with E-state index in [0.717, 1.165) is 23.5 Å². The number of carbonyl (C=O) groups is 1. The van der Waals surface area contributed by atoms with Gasteiger partial charge in [0.25, 0.3) is 0 Å². The summed E-state index contributed by atoms with van der Waals surface area (Å²) in [6.07, 6.45) is 7.80. The van der Waals surface area contributed by atoms with Crippen LogP contribution in [0.3, 0.4) is 0 Å². The van der Waals surface area contributed by atoms with Gasteiger partial charge < -0.3 is 0 Å². The van der Waals surface area contributed by atoms with Crippen molar-refractivity contribution in [2.75, 3.05) is 0 Å². The number of aromatic nitrogens is 3. The lowest BCUT2D eigenvalue weighted by Crippen LogP contribution is -2.35. The van der Waals surface area contributed by atoms with Crippen LogP contribution in [-0.2, 0) is 0 Å². The van der Waals surface area contributed by atoms with E-state index in [4.69, 9.17) is 11.6 Å². The van der Waals surface area contributed by atoms with Gasteiger partial charge in [0.15, 0.2) is 10.8 Å². The largest absolute Gasteiger partial charge is 0.295 e. The summed E-state index contributed by atoms with van der Waals surface area (Å²) >= 11 is 6.22. The van der Waals surface area contributed by atoms with E-state index in [1.165, 1.54) is 0 Å². The van der Waals surface area contributed by atoms with E-state index in [1.54, 1.807) is 18.3 Å². The van der Waals surface area contributed by atoms with E-state index < -0.39 is 0 Å². The molecule has 0 bridgehead atoms. The molecule has 0 saturated carbocycles. The van der Waals surface area contributed by atoms with Gasteiger partial charge >= 0.3 is 0 Å². The van der Waals surface area contributed by atoms with Crippen molar-refractivity contribution in [3.63, 3.8) is 0 Å². The second-order valence-electron chi connectivity index (χ2n) is 5.17. The second kappa shape index (κ2) is 5.07. The zero-order valence-electron chi connectivity index (χ0n) is 11.7. The molecule has 0 fully saturated rings. The molecule has 2 heterocycles. The fraction of sp³-hybridized carbons (Fsp3) is 0.118. The molecule has 3 aromatic rings. The molecule has 0 atom stereocenters. The van der Waals surface area contributed by atoms with E-state index in [-0.39, 0.29) is 5.78 Å². The average Bonchev–Trinajstić information content (AvgIpc) is 3.01. The smallest absolute Gasteiger partial charge is 0.212 e. The molecular weight excluding hydrogens is 298 g/mol. The molecule has 108 valence electrons. The van der Waals surface area contributed by atoms with Gasteiger partial charge in [-0.3, -0.25) is 9.20 Å². The number of benzene rings is 1. The number of ketones is 1. The summed E-state index contributed by atoms with van der Waals surface area (Å²) in [6.45, 7) is 0. The van der Waals surface area contributed by atoms with Crippen molar-refractivity contribution in [3.05, 3.63) is 63.6 Å². The Morgan fingerprint density at radius 2 is 1.86 bits per heavy atom. The van der Waals surface area contributed by atoms with E-state index in [9.17, 15) is 4.79 Å². The number of halogens is 1.